The SMILES string of the molecule is C=C1CCCCC1Cc1ccc(N)cc1. The van der Waals surface area contributed by atoms with Crippen molar-refractivity contribution in [3.63, 3.8) is 0 Å². The topological polar surface area (TPSA) is 26.0 Å². The number of hydrogen-bond acceptors (Lipinski definition) is 1. The van der Waals surface area contributed by atoms with Gasteiger partial charge in [-0.05, 0) is 49.3 Å². The highest BCUT2D eigenvalue weighted by Crippen LogP contribution is 2.30. The third kappa shape index (κ3) is 2.62. The molecule has 80 valence electrons. The highest BCUT2D eigenvalue weighted by Gasteiger charge is 2.17. The Balaban J connectivity index is 2.01. The van der Waals surface area contributed by atoms with Gasteiger partial charge in [-0.1, -0.05) is 30.7 Å². The zero-order valence-electron chi connectivity index (χ0n) is 9.21. The lowest BCUT2D eigenvalue weighted by molar-refractivity contribution is 0.453. The number of rotatable bonds is 2. The molecule has 0 heterocycles. The summed E-state index contributed by atoms with van der Waals surface area (Å²) in [5, 5.41) is 0. The molecule has 1 saturated carbocycles. The van der Waals surface area contributed by atoms with Crippen LogP contribution < -0.4 is 5.73 Å². The molecule has 0 radical (unpaired) electrons. The van der Waals surface area contributed by atoms with Gasteiger partial charge in [-0.3, -0.25) is 0 Å². The van der Waals surface area contributed by atoms with Crippen LogP contribution in [0.15, 0.2) is 36.4 Å². The van der Waals surface area contributed by atoms with E-state index in [1.54, 1.807) is 0 Å². The van der Waals surface area contributed by atoms with E-state index in [0.29, 0.717) is 5.92 Å². The van der Waals surface area contributed by atoms with E-state index in [-0.39, 0.29) is 0 Å². The van der Waals surface area contributed by atoms with Crippen molar-refractivity contribution in [2.24, 2.45) is 5.92 Å². The molecule has 1 aromatic carbocycles. The van der Waals surface area contributed by atoms with Crippen molar-refractivity contribution in [1.29, 1.82) is 0 Å². The van der Waals surface area contributed by atoms with Crippen LogP contribution in [0.5, 0.6) is 0 Å². The van der Waals surface area contributed by atoms with Crippen LogP contribution in [-0.2, 0) is 6.42 Å². The normalized spacial score (nSPS) is 21.6. The van der Waals surface area contributed by atoms with Crippen LogP contribution in [0.1, 0.15) is 31.2 Å². The van der Waals surface area contributed by atoms with Gasteiger partial charge in [-0.2, -0.15) is 0 Å². The van der Waals surface area contributed by atoms with Gasteiger partial charge in [0.2, 0.25) is 0 Å². The Morgan fingerprint density at radius 2 is 1.93 bits per heavy atom. The van der Waals surface area contributed by atoms with E-state index in [2.05, 4.69) is 18.7 Å². The van der Waals surface area contributed by atoms with Gasteiger partial charge in [0.25, 0.3) is 0 Å². The zero-order valence-corrected chi connectivity index (χ0v) is 9.21. The van der Waals surface area contributed by atoms with E-state index in [9.17, 15) is 0 Å². The predicted molar refractivity (Wildman–Crippen MR) is 65.7 cm³/mol. The molecule has 1 unspecified atom stereocenters. The second-order valence-electron chi connectivity index (χ2n) is 4.55. The van der Waals surface area contributed by atoms with Crippen molar-refractivity contribution in [3.8, 4) is 0 Å². The van der Waals surface area contributed by atoms with Gasteiger partial charge in [-0.25, -0.2) is 0 Å². The van der Waals surface area contributed by atoms with E-state index in [0.717, 1.165) is 12.1 Å². The molecule has 1 fully saturated rings. The molecular formula is C14H19N. The largest absolute Gasteiger partial charge is 0.399 e. The first-order chi connectivity index (χ1) is 7.25. The number of nitrogen functional groups attached to an aromatic ring is 1. The zero-order chi connectivity index (χ0) is 10.7. The summed E-state index contributed by atoms with van der Waals surface area (Å²) < 4.78 is 0. The maximum absolute atomic E-state index is 5.67. The number of anilines is 1. The Kier molecular flexibility index (Phi) is 3.10. The molecule has 1 aromatic rings. The maximum atomic E-state index is 5.67. The van der Waals surface area contributed by atoms with Crippen molar-refractivity contribution in [2.75, 3.05) is 5.73 Å². The van der Waals surface area contributed by atoms with Gasteiger partial charge in [0.1, 0.15) is 0 Å². The Labute approximate surface area is 92.0 Å². The van der Waals surface area contributed by atoms with Crippen LogP contribution in [0.3, 0.4) is 0 Å². The van der Waals surface area contributed by atoms with E-state index in [1.807, 2.05) is 12.1 Å². The van der Waals surface area contributed by atoms with E-state index in [1.165, 1.54) is 36.8 Å². The third-order valence-corrected chi connectivity index (χ3v) is 3.34. The van der Waals surface area contributed by atoms with Crippen LogP contribution in [0.2, 0.25) is 0 Å². The highest BCUT2D eigenvalue weighted by molar-refractivity contribution is 5.39. The summed E-state index contributed by atoms with van der Waals surface area (Å²) in [4.78, 5) is 0. The van der Waals surface area contributed by atoms with Gasteiger partial charge in [-0.15, -0.1) is 0 Å². The molecule has 1 aliphatic rings. The molecule has 0 saturated heterocycles. The molecule has 1 aliphatic carbocycles. The summed E-state index contributed by atoms with van der Waals surface area (Å²) in [6, 6.07) is 8.25. The van der Waals surface area contributed by atoms with Gasteiger partial charge in [0.05, 0.1) is 0 Å². The minimum Gasteiger partial charge on any atom is -0.399 e. The number of hydrogen-bond donors (Lipinski definition) is 1. The Bertz CT molecular complexity index is 337. The summed E-state index contributed by atoms with van der Waals surface area (Å²) in [6.07, 6.45) is 6.36. The fraction of sp³-hybridized carbons (Fsp3) is 0.429. The van der Waals surface area contributed by atoms with Gasteiger partial charge in [0.15, 0.2) is 0 Å². The third-order valence-electron chi connectivity index (χ3n) is 3.34. The van der Waals surface area contributed by atoms with Crippen LogP contribution in [0.4, 0.5) is 5.69 Å². The molecule has 2 rings (SSSR count). The maximum Gasteiger partial charge on any atom is 0.0314 e. The minimum atomic E-state index is 0.697. The molecular weight excluding hydrogens is 182 g/mol. The molecule has 1 atom stereocenters. The van der Waals surface area contributed by atoms with Crippen molar-refractivity contribution >= 4 is 5.69 Å². The lowest BCUT2D eigenvalue weighted by atomic mass is 9.81. The molecule has 0 bridgehead atoms. The summed E-state index contributed by atoms with van der Waals surface area (Å²) >= 11 is 0. The summed E-state index contributed by atoms with van der Waals surface area (Å²) in [6.45, 7) is 4.18. The first kappa shape index (κ1) is 10.3. The molecule has 0 spiro atoms. The van der Waals surface area contributed by atoms with Crippen LogP contribution in [0, 0.1) is 5.92 Å². The van der Waals surface area contributed by atoms with Crippen molar-refractivity contribution < 1.29 is 0 Å². The number of benzene rings is 1. The van der Waals surface area contributed by atoms with Crippen LogP contribution >= 0.6 is 0 Å². The quantitative estimate of drug-likeness (QED) is 0.574. The fourth-order valence-electron chi connectivity index (χ4n) is 2.34. The van der Waals surface area contributed by atoms with Gasteiger partial charge in [0, 0.05) is 5.69 Å². The smallest absolute Gasteiger partial charge is 0.0314 e. The second-order valence-corrected chi connectivity index (χ2v) is 4.55. The van der Waals surface area contributed by atoms with E-state index in [4.69, 9.17) is 5.73 Å². The first-order valence-electron chi connectivity index (χ1n) is 5.78. The molecule has 0 aromatic heterocycles. The number of allylic oxidation sites excluding steroid dienone is 1. The summed E-state index contributed by atoms with van der Waals surface area (Å²) in [7, 11) is 0. The summed E-state index contributed by atoms with van der Waals surface area (Å²) in [5.74, 6) is 0.697. The molecule has 1 heteroatoms. The predicted octanol–water partition coefficient (Wildman–Crippen LogP) is 3.56. The monoisotopic (exact) mass is 201 g/mol. The molecule has 1 nitrogen and oxygen atoms in total. The van der Waals surface area contributed by atoms with Gasteiger partial charge >= 0.3 is 0 Å². The fourth-order valence-corrected chi connectivity index (χ4v) is 2.34. The summed E-state index contributed by atoms with van der Waals surface area (Å²) in [5.41, 5.74) is 9.35. The standard InChI is InChI=1S/C14H19N/c1-11-4-2-3-5-13(11)10-12-6-8-14(15)9-7-12/h6-9,13H,1-5,10,15H2. The second kappa shape index (κ2) is 4.52. The molecule has 0 amide bonds. The van der Waals surface area contributed by atoms with E-state index < -0.39 is 0 Å². The van der Waals surface area contributed by atoms with E-state index >= 15 is 0 Å². The lowest BCUT2D eigenvalue weighted by Gasteiger charge is -2.24. The lowest BCUT2D eigenvalue weighted by Crippen LogP contribution is -2.12. The van der Waals surface area contributed by atoms with Crippen LogP contribution in [0.25, 0.3) is 0 Å². The number of nitrogens with two attached hydrogens (primary N) is 1. The Morgan fingerprint density at radius 1 is 1.20 bits per heavy atom. The highest BCUT2D eigenvalue weighted by atomic mass is 14.5. The van der Waals surface area contributed by atoms with Crippen molar-refractivity contribution in [3.05, 3.63) is 42.0 Å². The Morgan fingerprint density at radius 3 is 2.60 bits per heavy atom. The molecule has 15 heavy (non-hydrogen) atoms. The Hall–Kier alpha value is -1.24. The minimum absolute atomic E-state index is 0.697. The van der Waals surface area contributed by atoms with Crippen molar-refractivity contribution in [1.82, 2.24) is 0 Å². The van der Waals surface area contributed by atoms with Crippen LogP contribution in [-0.4, -0.2) is 0 Å². The average Bonchev–Trinajstić information content (AvgIpc) is 2.25. The van der Waals surface area contributed by atoms with Crippen molar-refractivity contribution in [2.45, 2.75) is 32.1 Å². The molecule has 0 aliphatic heterocycles. The molecule has 2 N–H and O–H groups in total. The average molecular weight is 201 g/mol. The van der Waals surface area contributed by atoms with Gasteiger partial charge < -0.3 is 5.73 Å². The first-order valence-corrected chi connectivity index (χ1v) is 5.78.